The fraction of sp³-hybridized carbons (Fsp3) is 0.238. The molecule has 0 bridgehead atoms. The first kappa shape index (κ1) is 21.9. The molecule has 0 aliphatic carbocycles. The standard InChI is InChI=1S/C19H19FN4O3.C2H6.2H2/c1-3-26-8-9-27-23-19(25)15-11-14-6-7-21-12-24(14)18(15)22-17-5-4-13(2)10-16(17)20;1-2;;/h3-7,10-12,22H,1,8-9H2,2H3,(H,23,25);1-2H3;2*1H. The van der Waals surface area contributed by atoms with E-state index in [1.165, 1.54) is 12.3 Å². The maximum Gasteiger partial charge on any atom is 0.278 e. The molecular formula is C21H29FN4O3. The first-order valence-corrected chi connectivity index (χ1v) is 9.23. The van der Waals surface area contributed by atoms with Gasteiger partial charge < -0.3 is 10.1 Å². The van der Waals surface area contributed by atoms with Crippen molar-refractivity contribution in [2.45, 2.75) is 20.8 Å². The van der Waals surface area contributed by atoms with Crippen LogP contribution in [0, 0.1) is 12.7 Å². The Bertz CT molecular complexity index is 982. The molecule has 0 saturated heterocycles. The maximum absolute atomic E-state index is 14.3. The molecule has 7 nitrogen and oxygen atoms in total. The Labute approximate surface area is 172 Å². The fourth-order valence-corrected chi connectivity index (χ4v) is 2.52. The second kappa shape index (κ2) is 10.8. The SMILES string of the molecule is C=COCCONC(=O)c1cc2ccncn2c1Nc1ccc(C)cc1F.CC.[HH].[HH]. The van der Waals surface area contributed by atoms with Crippen molar-refractivity contribution in [3.63, 3.8) is 0 Å². The van der Waals surface area contributed by atoms with Crippen molar-refractivity contribution in [3.8, 4) is 0 Å². The van der Waals surface area contributed by atoms with Gasteiger partial charge in [-0.25, -0.2) is 14.9 Å². The van der Waals surface area contributed by atoms with E-state index in [0.29, 0.717) is 5.82 Å². The summed E-state index contributed by atoms with van der Waals surface area (Å²) >= 11 is 0. The number of fused-ring (bicyclic) bond motifs is 1. The van der Waals surface area contributed by atoms with Crippen LogP contribution in [0.1, 0.15) is 32.6 Å². The summed E-state index contributed by atoms with van der Waals surface area (Å²) in [6.07, 6.45) is 4.44. The molecule has 1 aromatic carbocycles. The van der Waals surface area contributed by atoms with Gasteiger partial charge in [-0.2, -0.15) is 0 Å². The number of nitrogens with one attached hydrogen (secondary N) is 2. The van der Waals surface area contributed by atoms with Crippen LogP contribution in [0.4, 0.5) is 15.9 Å². The Morgan fingerprint density at radius 2 is 2.10 bits per heavy atom. The third-order valence-electron chi connectivity index (χ3n) is 3.79. The molecule has 8 heteroatoms. The highest BCUT2D eigenvalue weighted by molar-refractivity contribution is 6.01. The number of aryl methyl sites for hydroxylation is 1. The van der Waals surface area contributed by atoms with Crippen molar-refractivity contribution >= 4 is 22.9 Å². The Morgan fingerprint density at radius 1 is 1.31 bits per heavy atom. The monoisotopic (exact) mass is 404 g/mol. The fourth-order valence-electron chi connectivity index (χ4n) is 2.52. The predicted molar refractivity (Wildman–Crippen MR) is 115 cm³/mol. The van der Waals surface area contributed by atoms with Crippen LogP contribution in [0.5, 0.6) is 0 Å². The van der Waals surface area contributed by atoms with Crippen LogP contribution < -0.4 is 10.8 Å². The summed E-state index contributed by atoms with van der Waals surface area (Å²) in [5.74, 6) is -0.519. The summed E-state index contributed by atoms with van der Waals surface area (Å²) in [4.78, 5) is 21.7. The summed E-state index contributed by atoms with van der Waals surface area (Å²) in [7, 11) is 0. The molecule has 0 radical (unpaired) electrons. The van der Waals surface area contributed by atoms with E-state index in [9.17, 15) is 9.18 Å². The molecule has 2 aromatic heterocycles. The lowest BCUT2D eigenvalue weighted by Crippen LogP contribution is -2.25. The molecule has 29 heavy (non-hydrogen) atoms. The maximum atomic E-state index is 14.3. The number of carbonyl (C=O) groups excluding carboxylic acids is 1. The minimum atomic E-state index is -0.479. The van der Waals surface area contributed by atoms with Gasteiger partial charge >= 0.3 is 0 Å². The molecule has 3 rings (SSSR count). The van der Waals surface area contributed by atoms with Crippen molar-refractivity contribution in [1.82, 2.24) is 14.9 Å². The van der Waals surface area contributed by atoms with Gasteiger partial charge in [0.05, 0.1) is 23.0 Å². The Morgan fingerprint density at radius 3 is 2.83 bits per heavy atom. The van der Waals surface area contributed by atoms with Crippen LogP contribution in [0.3, 0.4) is 0 Å². The van der Waals surface area contributed by atoms with Crippen molar-refractivity contribution in [1.29, 1.82) is 0 Å². The number of benzene rings is 1. The van der Waals surface area contributed by atoms with Crippen molar-refractivity contribution < 1.29 is 21.6 Å². The number of carbonyl (C=O) groups is 1. The molecule has 0 saturated carbocycles. The van der Waals surface area contributed by atoms with Crippen molar-refractivity contribution in [2.75, 3.05) is 18.5 Å². The zero-order valence-electron chi connectivity index (χ0n) is 16.7. The number of aromatic nitrogens is 2. The molecule has 0 aliphatic rings. The third-order valence-corrected chi connectivity index (χ3v) is 3.79. The number of hydroxylamine groups is 1. The summed E-state index contributed by atoms with van der Waals surface area (Å²) in [6, 6.07) is 8.22. The predicted octanol–water partition coefficient (Wildman–Crippen LogP) is 4.87. The van der Waals surface area contributed by atoms with Gasteiger partial charge in [0.2, 0.25) is 0 Å². The molecule has 2 heterocycles. The molecule has 158 valence electrons. The quantitative estimate of drug-likeness (QED) is 0.318. The Hall–Kier alpha value is -3.39. The highest BCUT2D eigenvalue weighted by atomic mass is 19.1. The molecule has 2 N–H and O–H groups in total. The topological polar surface area (TPSA) is 76.9 Å². The third kappa shape index (κ3) is 5.55. The minimum Gasteiger partial charge on any atom is -0.499 e. The number of ether oxygens (including phenoxy) is 1. The number of nitrogens with zero attached hydrogens (tertiary/aromatic N) is 2. The van der Waals surface area contributed by atoms with Gasteiger partial charge in [-0.3, -0.25) is 14.0 Å². The number of hydrogen-bond donors (Lipinski definition) is 2. The van der Waals surface area contributed by atoms with Gasteiger partial charge in [-0.1, -0.05) is 26.5 Å². The molecule has 1 amide bonds. The van der Waals surface area contributed by atoms with E-state index in [1.807, 2.05) is 13.8 Å². The van der Waals surface area contributed by atoms with Crippen LogP contribution in [-0.4, -0.2) is 28.5 Å². The number of rotatable bonds is 8. The molecule has 0 unspecified atom stereocenters. The van der Waals surface area contributed by atoms with Crippen LogP contribution in [0.15, 0.2) is 55.7 Å². The minimum absolute atomic E-state index is 0. The molecule has 0 aliphatic heterocycles. The number of hydrogen-bond acceptors (Lipinski definition) is 5. The highest BCUT2D eigenvalue weighted by Gasteiger charge is 2.18. The lowest BCUT2D eigenvalue weighted by Gasteiger charge is -2.11. The van der Waals surface area contributed by atoms with E-state index in [2.05, 4.69) is 22.4 Å². The summed E-state index contributed by atoms with van der Waals surface area (Å²) < 4.78 is 20.8. The smallest absolute Gasteiger partial charge is 0.278 e. The zero-order valence-corrected chi connectivity index (χ0v) is 16.7. The van der Waals surface area contributed by atoms with Crippen LogP contribution >= 0.6 is 0 Å². The summed E-state index contributed by atoms with van der Waals surface area (Å²) in [5, 5.41) is 2.98. The summed E-state index contributed by atoms with van der Waals surface area (Å²) in [6.45, 7) is 9.63. The first-order chi connectivity index (χ1) is 14.1. The van der Waals surface area contributed by atoms with Crippen molar-refractivity contribution in [2.24, 2.45) is 0 Å². The molecule has 0 spiro atoms. The number of amides is 1. The Balaban J connectivity index is 0.00000219. The molecular weight excluding hydrogens is 375 g/mol. The largest absolute Gasteiger partial charge is 0.499 e. The van der Waals surface area contributed by atoms with Gasteiger partial charge in [0, 0.05) is 9.05 Å². The van der Waals surface area contributed by atoms with E-state index in [1.54, 1.807) is 48.1 Å². The normalized spacial score (nSPS) is 10.1. The van der Waals surface area contributed by atoms with Gasteiger partial charge in [-0.15, -0.1) is 0 Å². The lowest BCUT2D eigenvalue weighted by molar-refractivity contribution is 0.0145. The summed E-state index contributed by atoms with van der Waals surface area (Å²) in [5.41, 5.74) is 4.40. The number of halogens is 1. The zero-order chi connectivity index (χ0) is 21.2. The lowest BCUT2D eigenvalue weighted by atomic mass is 10.2. The second-order valence-corrected chi connectivity index (χ2v) is 5.71. The average Bonchev–Trinajstić information content (AvgIpc) is 3.10. The van der Waals surface area contributed by atoms with E-state index in [0.717, 1.165) is 11.1 Å². The molecule has 0 fully saturated rings. The number of anilines is 2. The molecule has 3 aromatic rings. The van der Waals surface area contributed by atoms with Gasteiger partial charge in [-0.05, 0) is 36.8 Å². The van der Waals surface area contributed by atoms with Crippen LogP contribution in [0.2, 0.25) is 0 Å². The van der Waals surface area contributed by atoms with Crippen LogP contribution in [-0.2, 0) is 9.57 Å². The molecule has 0 atom stereocenters. The van der Waals surface area contributed by atoms with E-state index >= 15 is 0 Å². The van der Waals surface area contributed by atoms with Gasteiger partial charge in [0.15, 0.2) is 0 Å². The van der Waals surface area contributed by atoms with E-state index in [4.69, 9.17) is 9.57 Å². The first-order valence-electron chi connectivity index (χ1n) is 9.23. The van der Waals surface area contributed by atoms with E-state index < -0.39 is 11.7 Å². The van der Waals surface area contributed by atoms with Crippen LogP contribution in [0.25, 0.3) is 5.52 Å². The highest BCUT2D eigenvalue weighted by Crippen LogP contribution is 2.27. The van der Waals surface area contributed by atoms with Gasteiger partial charge in [0.1, 0.15) is 31.2 Å². The average molecular weight is 404 g/mol. The van der Waals surface area contributed by atoms with Gasteiger partial charge in [0.25, 0.3) is 5.91 Å². The second-order valence-electron chi connectivity index (χ2n) is 5.71. The van der Waals surface area contributed by atoms with E-state index in [-0.39, 0.29) is 27.3 Å². The van der Waals surface area contributed by atoms with Crippen molar-refractivity contribution in [3.05, 3.63) is 72.6 Å². The Kier molecular flexibility index (Phi) is 8.17.